The van der Waals surface area contributed by atoms with Crippen molar-refractivity contribution in [2.45, 2.75) is 25.7 Å². The zero-order chi connectivity index (χ0) is 19.3. The third kappa shape index (κ3) is 2.69. The van der Waals surface area contributed by atoms with Gasteiger partial charge in [-0.05, 0) is 31.9 Å². The molecule has 1 amide bonds. The zero-order valence-electron chi connectivity index (χ0n) is 15.5. The van der Waals surface area contributed by atoms with Gasteiger partial charge in [0.1, 0.15) is 11.4 Å². The van der Waals surface area contributed by atoms with Crippen LogP contribution in [0.5, 0.6) is 0 Å². The summed E-state index contributed by atoms with van der Waals surface area (Å²) in [6, 6.07) is 9.68. The smallest absolute Gasteiger partial charge is 0.285 e. The number of aromatic amines is 2. The van der Waals surface area contributed by atoms with Crippen molar-refractivity contribution in [3.05, 3.63) is 64.0 Å². The van der Waals surface area contributed by atoms with Gasteiger partial charge in [-0.3, -0.25) is 14.7 Å². The number of hydrogen-bond acceptors (Lipinski definition) is 4. The predicted octanol–water partition coefficient (Wildman–Crippen LogP) is 2.23. The lowest BCUT2D eigenvalue weighted by Crippen LogP contribution is -2.42. The second-order valence-corrected chi connectivity index (χ2v) is 7.34. The molecule has 4 heterocycles. The Hall–Kier alpha value is -3.42. The normalized spacial score (nSPS) is 17.5. The Morgan fingerprint density at radius 2 is 2.14 bits per heavy atom. The lowest BCUT2D eigenvalue weighted by atomic mass is 9.97. The van der Waals surface area contributed by atoms with Crippen LogP contribution in [-0.4, -0.2) is 48.5 Å². The molecule has 1 aromatic carbocycles. The average molecular weight is 376 g/mol. The van der Waals surface area contributed by atoms with Crippen LogP contribution in [0, 0.1) is 6.92 Å². The molecular weight excluding hydrogens is 356 g/mol. The minimum absolute atomic E-state index is 0.0876. The van der Waals surface area contributed by atoms with Gasteiger partial charge in [0.25, 0.3) is 11.5 Å². The number of nitrogens with one attached hydrogen (secondary N) is 2. The highest BCUT2D eigenvalue weighted by Gasteiger charge is 2.29. The van der Waals surface area contributed by atoms with Crippen LogP contribution in [-0.2, 0) is 0 Å². The number of aryl methyl sites for hydroxylation is 1. The third-order valence-electron chi connectivity index (χ3n) is 5.36. The fourth-order valence-electron chi connectivity index (χ4n) is 3.95. The summed E-state index contributed by atoms with van der Waals surface area (Å²) in [6.07, 6.45) is 3.21. The first-order valence-electron chi connectivity index (χ1n) is 9.41. The molecule has 0 radical (unpaired) electrons. The second-order valence-electron chi connectivity index (χ2n) is 7.34. The lowest BCUT2D eigenvalue weighted by Gasteiger charge is -2.31. The van der Waals surface area contributed by atoms with Gasteiger partial charge in [-0.25, -0.2) is 14.5 Å². The second kappa shape index (κ2) is 6.33. The highest BCUT2D eigenvalue weighted by atomic mass is 16.2. The summed E-state index contributed by atoms with van der Waals surface area (Å²) >= 11 is 0. The third-order valence-corrected chi connectivity index (χ3v) is 5.36. The molecule has 1 saturated heterocycles. The molecule has 0 unspecified atom stereocenters. The van der Waals surface area contributed by atoms with Gasteiger partial charge < -0.3 is 9.88 Å². The van der Waals surface area contributed by atoms with E-state index in [0.29, 0.717) is 18.7 Å². The Balaban J connectivity index is 1.44. The largest absolute Gasteiger partial charge is 0.342 e. The quantitative estimate of drug-likeness (QED) is 0.560. The van der Waals surface area contributed by atoms with Crippen LogP contribution in [0.25, 0.3) is 16.7 Å². The Morgan fingerprint density at radius 3 is 3.00 bits per heavy atom. The number of benzene rings is 1. The fourth-order valence-corrected chi connectivity index (χ4v) is 3.95. The Bertz CT molecular complexity index is 1220. The van der Waals surface area contributed by atoms with Crippen LogP contribution in [0.3, 0.4) is 0 Å². The Morgan fingerprint density at radius 1 is 1.29 bits per heavy atom. The van der Waals surface area contributed by atoms with E-state index in [2.05, 4.69) is 20.1 Å². The number of rotatable bonds is 2. The number of piperidine rings is 1. The van der Waals surface area contributed by atoms with Gasteiger partial charge in [0.15, 0.2) is 5.65 Å². The molecule has 8 nitrogen and oxygen atoms in total. The highest BCUT2D eigenvalue weighted by Crippen LogP contribution is 2.27. The molecule has 1 aliphatic rings. The van der Waals surface area contributed by atoms with Gasteiger partial charge in [0.05, 0.1) is 11.0 Å². The Labute approximate surface area is 160 Å². The van der Waals surface area contributed by atoms with Crippen molar-refractivity contribution in [3.8, 4) is 0 Å². The molecule has 1 fully saturated rings. The number of carbonyl (C=O) groups is 1. The average Bonchev–Trinajstić information content (AvgIpc) is 3.31. The summed E-state index contributed by atoms with van der Waals surface area (Å²) in [5.41, 5.74) is 2.97. The molecule has 4 aromatic rings. The van der Waals surface area contributed by atoms with Crippen LogP contribution in [0.1, 0.15) is 40.6 Å². The zero-order valence-corrected chi connectivity index (χ0v) is 15.5. The number of fused-ring (bicyclic) bond motifs is 2. The van der Waals surface area contributed by atoms with Gasteiger partial charge in [0.2, 0.25) is 0 Å². The summed E-state index contributed by atoms with van der Waals surface area (Å²) in [6.45, 7) is 3.00. The van der Waals surface area contributed by atoms with E-state index in [9.17, 15) is 9.59 Å². The van der Waals surface area contributed by atoms with Gasteiger partial charge in [-0.1, -0.05) is 12.1 Å². The van der Waals surface area contributed by atoms with Crippen molar-refractivity contribution < 1.29 is 4.79 Å². The number of likely N-dealkylation sites (tertiary alicyclic amines) is 1. The molecule has 1 aliphatic heterocycles. The maximum atomic E-state index is 13.0. The summed E-state index contributed by atoms with van der Waals surface area (Å²) in [4.78, 5) is 39.8. The van der Waals surface area contributed by atoms with Crippen molar-refractivity contribution in [2.24, 2.45) is 0 Å². The van der Waals surface area contributed by atoms with Gasteiger partial charge >= 0.3 is 0 Å². The molecule has 2 N–H and O–H groups in total. The van der Waals surface area contributed by atoms with Gasteiger partial charge in [0, 0.05) is 37.0 Å². The molecule has 0 spiro atoms. The molecule has 5 rings (SSSR count). The molecule has 8 heteroatoms. The topological polar surface area (TPSA) is 99.2 Å². The number of hydrogen-bond donors (Lipinski definition) is 2. The van der Waals surface area contributed by atoms with E-state index in [1.165, 1.54) is 10.7 Å². The summed E-state index contributed by atoms with van der Waals surface area (Å²) in [7, 11) is 0. The van der Waals surface area contributed by atoms with Crippen LogP contribution in [0.15, 0.2) is 41.3 Å². The number of imidazole rings is 1. The van der Waals surface area contributed by atoms with E-state index in [1.54, 1.807) is 11.0 Å². The number of H-pyrrole nitrogens is 2. The number of para-hydroxylation sites is 2. The minimum Gasteiger partial charge on any atom is -0.342 e. The van der Waals surface area contributed by atoms with Crippen LogP contribution < -0.4 is 5.56 Å². The molecule has 3 aromatic heterocycles. The molecule has 0 bridgehead atoms. The van der Waals surface area contributed by atoms with Crippen molar-refractivity contribution in [3.63, 3.8) is 0 Å². The predicted molar refractivity (Wildman–Crippen MR) is 105 cm³/mol. The number of nitrogens with zero attached hydrogens (tertiary/aromatic N) is 4. The van der Waals surface area contributed by atoms with Crippen LogP contribution >= 0.6 is 0 Å². The summed E-state index contributed by atoms with van der Waals surface area (Å²) in [5, 5.41) is 2.93. The first-order chi connectivity index (χ1) is 13.6. The maximum absolute atomic E-state index is 13.0. The molecule has 1 atom stereocenters. The molecule has 142 valence electrons. The van der Waals surface area contributed by atoms with Crippen molar-refractivity contribution >= 4 is 22.6 Å². The Kier molecular flexibility index (Phi) is 3.78. The molecule has 0 aliphatic carbocycles. The highest BCUT2D eigenvalue weighted by molar-refractivity contribution is 5.93. The van der Waals surface area contributed by atoms with Crippen LogP contribution in [0.2, 0.25) is 0 Å². The maximum Gasteiger partial charge on any atom is 0.285 e. The van der Waals surface area contributed by atoms with E-state index < -0.39 is 0 Å². The molecule has 28 heavy (non-hydrogen) atoms. The van der Waals surface area contributed by atoms with E-state index in [0.717, 1.165) is 35.4 Å². The van der Waals surface area contributed by atoms with Crippen LogP contribution in [0.4, 0.5) is 0 Å². The first-order valence-corrected chi connectivity index (χ1v) is 9.41. The summed E-state index contributed by atoms with van der Waals surface area (Å²) in [5.74, 6) is 0.737. The van der Waals surface area contributed by atoms with Gasteiger partial charge in [-0.15, -0.1) is 0 Å². The van der Waals surface area contributed by atoms with E-state index in [-0.39, 0.29) is 22.9 Å². The monoisotopic (exact) mass is 376 g/mol. The molecular formula is C20H20N6O2. The standard InChI is InChI=1S/C20H20N6O2/c1-12-9-17-21-10-14(20(28)26(17)24-12)19(27)25-8-4-5-13(11-25)18-22-15-6-2-3-7-16(15)23-18/h2-3,6-7,9-10,13,24H,4-5,8,11H2,1H3,(H,22,23)/t13-/m1/s1. The fraction of sp³-hybridized carbons (Fsp3) is 0.300. The lowest BCUT2D eigenvalue weighted by molar-refractivity contribution is 0.0702. The van der Waals surface area contributed by atoms with Crippen molar-refractivity contribution in [1.29, 1.82) is 0 Å². The molecule has 0 saturated carbocycles. The summed E-state index contributed by atoms with van der Waals surface area (Å²) < 4.78 is 1.32. The number of carbonyl (C=O) groups excluding carboxylic acids is 1. The number of amides is 1. The van der Waals surface area contributed by atoms with Gasteiger partial charge in [-0.2, -0.15) is 0 Å². The van der Waals surface area contributed by atoms with Crippen molar-refractivity contribution in [1.82, 2.24) is 29.5 Å². The van der Waals surface area contributed by atoms with Crippen molar-refractivity contribution in [2.75, 3.05) is 13.1 Å². The SMILES string of the molecule is Cc1cc2ncc(C(=O)N3CCC[C@@H](c4nc5ccccc5[nH]4)C3)c(=O)n2[nH]1. The minimum atomic E-state index is -0.367. The first kappa shape index (κ1) is 16.7. The van der Waals surface area contributed by atoms with E-state index >= 15 is 0 Å². The van der Waals surface area contributed by atoms with E-state index in [1.807, 2.05) is 31.2 Å². The number of aromatic nitrogens is 5. The van der Waals surface area contributed by atoms with E-state index in [4.69, 9.17) is 0 Å².